The Balaban J connectivity index is 2.05. The summed E-state index contributed by atoms with van der Waals surface area (Å²) in [5, 5.41) is 14.0. The highest BCUT2D eigenvalue weighted by molar-refractivity contribution is 6.02. The van der Waals surface area contributed by atoms with Crippen molar-refractivity contribution in [3.05, 3.63) is 59.2 Å². The van der Waals surface area contributed by atoms with E-state index in [1.165, 1.54) is 0 Å². The lowest BCUT2D eigenvalue weighted by atomic mass is 10.1. The van der Waals surface area contributed by atoms with E-state index in [9.17, 15) is 9.90 Å². The van der Waals surface area contributed by atoms with Crippen molar-refractivity contribution in [1.82, 2.24) is 5.43 Å². The van der Waals surface area contributed by atoms with Crippen LogP contribution in [0.25, 0.3) is 0 Å². The minimum Gasteiger partial charge on any atom is -0.507 e. The molecule has 0 aliphatic carbocycles. The van der Waals surface area contributed by atoms with Crippen LogP contribution in [0.15, 0.2) is 47.6 Å². The molecule has 5 nitrogen and oxygen atoms in total. The van der Waals surface area contributed by atoms with E-state index >= 15 is 0 Å². The average Bonchev–Trinajstić information content (AvgIpc) is 2.60. The van der Waals surface area contributed by atoms with Crippen molar-refractivity contribution < 1.29 is 14.6 Å². The van der Waals surface area contributed by atoms with Gasteiger partial charge >= 0.3 is 0 Å². The molecule has 0 aliphatic rings. The molecule has 2 N–H and O–H groups in total. The van der Waals surface area contributed by atoms with Crippen LogP contribution in [0, 0.1) is 6.92 Å². The number of carbonyl (C=O) groups is 1. The highest BCUT2D eigenvalue weighted by Crippen LogP contribution is 2.19. The topological polar surface area (TPSA) is 70.9 Å². The number of aromatic hydroxyl groups is 1. The third kappa shape index (κ3) is 4.59. The van der Waals surface area contributed by atoms with Crippen molar-refractivity contribution in [3.63, 3.8) is 0 Å². The summed E-state index contributed by atoms with van der Waals surface area (Å²) in [6.07, 6.45) is 0.933. The minimum atomic E-state index is -0.316. The van der Waals surface area contributed by atoms with Crippen molar-refractivity contribution in [2.24, 2.45) is 5.10 Å². The Morgan fingerprint density at radius 1 is 1.21 bits per heavy atom. The largest absolute Gasteiger partial charge is 0.507 e. The number of hydrazone groups is 1. The Bertz CT molecular complexity index is 737. The number of phenolic OH excluding ortho intramolecular Hbond substituents is 1. The van der Waals surface area contributed by atoms with Gasteiger partial charge in [0.2, 0.25) is 0 Å². The molecule has 0 radical (unpaired) electrons. The first-order chi connectivity index (χ1) is 11.5. The molecule has 0 heterocycles. The van der Waals surface area contributed by atoms with Crippen LogP contribution in [0.2, 0.25) is 0 Å². The fourth-order valence-corrected chi connectivity index (χ4v) is 2.12. The molecule has 0 saturated carbocycles. The smallest absolute Gasteiger partial charge is 0.271 e. The number of phenols is 1. The van der Waals surface area contributed by atoms with Crippen molar-refractivity contribution in [1.29, 1.82) is 0 Å². The zero-order chi connectivity index (χ0) is 17.5. The number of nitrogens with one attached hydrogen (secondary N) is 1. The van der Waals surface area contributed by atoms with E-state index < -0.39 is 0 Å². The number of carbonyl (C=O) groups excluding carboxylic acids is 1. The predicted octanol–water partition coefficient (Wildman–Crippen LogP) is 3.64. The summed E-state index contributed by atoms with van der Waals surface area (Å²) in [5.41, 5.74) is 5.13. The van der Waals surface area contributed by atoms with E-state index in [-0.39, 0.29) is 11.7 Å². The van der Waals surface area contributed by atoms with Crippen LogP contribution in [-0.2, 0) is 0 Å². The number of benzene rings is 2. The summed E-state index contributed by atoms with van der Waals surface area (Å²) in [6.45, 7) is 6.34. The molecule has 1 amide bonds. The van der Waals surface area contributed by atoms with Crippen LogP contribution in [-0.4, -0.2) is 23.3 Å². The molecule has 5 heteroatoms. The van der Waals surface area contributed by atoms with Crippen LogP contribution >= 0.6 is 0 Å². The first kappa shape index (κ1) is 17.5. The Kier molecular flexibility index (Phi) is 5.95. The molecule has 0 spiro atoms. The van der Waals surface area contributed by atoms with Crippen LogP contribution in [0.5, 0.6) is 11.5 Å². The van der Waals surface area contributed by atoms with Gasteiger partial charge in [-0.25, -0.2) is 5.43 Å². The van der Waals surface area contributed by atoms with Crippen LogP contribution in [0.4, 0.5) is 0 Å². The Hall–Kier alpha value is -2.82. The molecular formula is C19H22N2O3. The normalized spacial score (nSPS) is 11.2. The lowest BCUT2D eigenvalue weighted by Gasteiger charge is -2.07. The number of rotatable bonds is 6. The number of hydrogen-bond donors (Lipinski definition) is 2. The van der Waals surface area contributed by atoms with Gasteiger partial charge in [-0.3, -0.25) is 4.79 Å². The maximum Gasteiger partial charge on any atom is 0.271 e. The van der Waals surface area contributed by atoms with Crippen molar-refractivity contribution in [3.8, 4) is 11.5 Å². The molecule has 2 aromatic carbocycles. The van der Waals surface area contributed by atoms with Gasteiger partial charge in [-0.1, -0.05) is 18.6 Å². The Labute approximate surface area is 142 Å². The predicted molar refractivity (Wildman–Crippen MR) is 94.7 cm³/mol. The van der Waals surface area contributed by atoms with E-state index in [1.54, 1.807) is 37.3 Å². The SMILES string of the molecule is CCCOc1ccc(C(=O)N/N=C(/C)c2cc(C)ccc2O)cc1. The second kappa shape index (κ2) is 8.15. The second-order valence-corrected chi connectivity index (χ2v) is 5.53. The first-order valence-electron chi connectivity index (χ1n) is 7.88. The highest BCUT2D eigenvalue weighted by Gasteiger charge is 2.08. The zero-order valence-corrected chi connectivity index (χ0v) is 14.2. The lowest BCUT2D eigenvalue weighted by Crippen LogP contribution is -2.19. The summed E-state index contributed by atoms with van der Waals surface area (Å²) >= 11 is 0. The molecule has 2 aromatic rings. The van der Waals surface area contributed by atoms with Gasteiger partial charge in [0, 0.05) is 11.1 Å². The fraction of sp³-hybridized carbons (Fsp3) is 0.263. The average molecular weight is 326 g/mol. The van der Waals surface area contributed by atoms with Crippen LogP contribution in [0.3, 0.4) is 0 Å². The molecule has 2 rings (SSSR count). The summed E-state index contributed by atoms with van der Waals surface area (Å²) in [6, 6.07) is 12.1. The van der Waals surface area contributed by atoms with E-state index in [1.807, 2.05) is 26.0 Å². The van der Waals surface area contributed by atoms with E-state index in [0.717, 1.165) is 17.7 Å². The van der Waals surface area contributed by atoms with Gasteiger partial charge in [0.1, 0.15) is 11.5 Å². The zero-order valence-electron chi connectivity index (χ0n) is 14.2. The molecule has 0 saturated heterocycles. The number of nitrogens with zero attached hydrogens (tertiary/aromatic N) is 1. The molecule has 0 aliphatic heterocycles. The summed E-state index contributed by atoms with van der Waals surface area (Å²) in [7, 11) is 0. The van der Waals surface area contributed by atoms with E-state index in [4.69, 9.17) is 4.74 Å². The van der Waals surface area contributed by atoms with Gasteiger partial charge in [0.25, 0.3) is 5.91 Å². The van der Waals surface area contributed by atoms with Gasteiger partial charge in [-0.15, -0.1) is 0 Å². The molecule has 0 atom stereocenters. The quantitative estimate of drug-likeness (QED) is 0.629. The van der Waals surface area contributed by atoms with Gasteiger partial charge in [-0.2, -0.15) is 5.10 Å². The first-order valence-corrected chi connectivity index (χ1v) is 7.88. The van der Waals surface area contributed by atoms with Gasteiger partial charge in [0.05, 0.1) is 12.3 Å². The van der Waals surface area contributed by atoms with Gasteiger partial charge in [-0.05, 0) is 56.7 Å². The number of ether oxygens (including phenoxy) is 1. The molecule has 24 heavy (non-hydrogen) atoms. The molecule has 0 bridgehead atoms. The molecule has 0 unspecified atom stereocenters. The summed E-state index contributed by atoms with van der Waals surface area (Å²) in [4.78, 5) is 12.1. The van der Waals surface area contributed by atoms with Gasteiger partial charge in [0.15, 0.2) is 0 Å². The third-order valence-electron chi connectivity index (χ3n) is 3.46. The molecule has 0 aromatic heterocycles. The Morgan fingerprint density at radius 3 is 2.58 bits per heavy atom. The highest BCUT2D eigenvalue weighted by atomic mass is 16.5. The van der Waals surface area contributed by atoms with Crippen LogP contribution in [0.1, 0.15) is 41.8 Å². The maximum atomic E-state index is 12.1. The van der Waals surface area contributed by atoms with Crippen molar-refractivity contribution in [2.75, 3.05) is 6.61 Å². The molecule has 126 valence electrons. The van der Waals surface area contributed by atoms with Crippen molar-refractivity contribution >= 4 is 11.6 Å². The lowest BCUT2D eigenvalue weighted by molar-refractivity contribution is 0.0955. The fourth-order valence-electron chi connectivity index (χ4n) is 2.12. The summed E-state index contributed by atoms with van der Waals surface area (Å²) < 4.78 is 5.48. The van der Waals surface area contributed by atoms with E-state index in [0.29, 0.717) is 23.4 Å². The summed E-state index contributed by atoms with van der Waals surface area (Å²) in [5.74, 6) is 0.551. The van der Waals surface area contributed by atoms with Crippen LogP contribution < -0.4 is 10.2 Å². The van der Waals surface area contributed by atoms with E-state index in [2.05, 4.69) is 10.5 Å². The molecule has 0 fully saturated rings. The minimum absolute atomic E-state index is 0.133. The number of aryl methyl sites for hydroxylation is 1. The monoisotopic (exact) mass is 326 g/mol. The second-order valence-electron chi connectivity index (χ2n) is 5.53. The number of amides is 1. The standard InChI is InChI=1S/C19H22N2O3/c1-4-11-24-16-8-6-15(7-9-16)19(23)21-20-14(3)17-12-13(2)5-10-18(17)22/h5-10,12,22H,4,11H2,1-3H3,(H,21,23)/b20-14-. The number of hydrogen-bond acceptors (Lipinski definition) is 4. The molecular weight excluding hydrogens is 304 g/mol. The maximum absolute atomic E-state index is 12.1. The Morgan fingerprint density at radius 2 is 1.92 bits per heavy atom. The van der Waals surface area contributed by atoms with Gasteiger partial charge < -0.3 is 9.84 Å². The third-order valence-corrected chi connectivity index (χ3v) is 3.46. The van der Waals surface area contributed by atoms with Crippen molar-refractivity contribution in [2.45, 2.75) is 27.2 Å².